The highest BCUT2D eigenvalue weighted by Crippen LogP contribution is 2.38. The molecule has 22 nitrogen and oxygen atoms in total. The van der Waals surface area contributed by atoms with Crippen molar-refractivity contribution in [3.8, 4) is 0 Å². The average molecular weight is 1560 g/mol. The fraction of sp³-hybridized carbons (Fsp3) is 0.429. The first-order valence-electron chi connectivity index (χ1n) is 17.5. The van der Waals surface area contributed by atoms with Gasteiger partial charge in [0.25, 0.3) is 35.4 Å². The highest BCUT2D eigenvalue weighted by atomic mass is 127. The van der Waals surface area contributed by atoms with Crippen LogP contribution in [0.3, 0.4) is 0 Å². The van der Waals surface area contributed by atoms with Crippen LogP contribution in [0.1, 0.15) is 69.1 Å². The molecule has 0 heterocycles. The highest BCUT2D eigenvalue weighted by molar-refractivity contribution is 14.1. The van der Waals surface area contributed by atoms with Gasteiger partial charge in [-0.05, 0) is 149 Å². The van der Waals surface area contributed by atoms with Crippen molar-refractivity contribution in [2.24, 2.45) is 5.41 Å². The molecule has 28 heteroatoms. The number of benzene rings is 2. The zero-order chi connectivity index (χ0) is 48.4. The maximum atomic E-state index is 14.0. The minimum Gasteiger partial charge on any atom is -0.456 e. The van der Waals surface area contributed by atoms with E-state index >= 15 is 0 Å². The summed E-state index contributed by atoms with van der Waals surface area (Å²) < 4.78 is 9.89. The maximum absolute atomic E-state index is 14.0. The summed E-state index contributed by atoms with van der Waals surface area (Å²) in [5.74, 6) is -6.91. The zero-order valence-electron chi connectivity index (χ0n) is 33.2. The van der Waals surface area contributed by atoms with Crippen molar-refractivity contribution in [2.75, 3.05) is 63.4 Å². The molecule has 2 aromatic rings. The lowest BCUT2D eigenvalue weighted by atomic mass is 9.89. The number of hydrogen-bond acceptors (Lipinski definition) is 16. The second-order valence-corrected chi connectivity index (χ2v) is 20.2. The number of halogens is 6. The average Bonchev–Trinajstić information content (AvgIpc) is 3.19. The van der Waals surface area contributed by atoms with Crippen molar-refractivity contribution in [2.45, 2.75) is 39.1 Å². The quantitative estimate of drug-likeness (QED) is 0.0482. The minimum atomic E-state index is -2.11. The Labute approximate surface area is 440 Å². The Hall–Kier alpha value is -1.66. The summed E-state index contributed by atoms with van der Waals surface area (Å²) in [6.07, 6.45) is 0. The van der Waals surface area contributed by atoms with E-state index in [0.717, 1.165) is 27.7 Å². The second-order valence-electron chi connectivity index (χ2n) is 13.7. The van der Waals surface area contributed by atoms with Gasteiger partial charge in [-0.25, -0.2) is 0 Å². The van der Waals surface area contributed by atoms with E-state index in [9.17, 15) is 69.0 Å². The lowest BCUT2D eigenvalue weighted by Crippen LogP contribution is -2.51. The van der Waals surface area contributed by atoms with E-state index in [2.05, 4.69) is 31.9 Å². The van der Waals surface area contributed by atoms with Gasteiger partial charge in [0.05, 0.1) is 79.8 Å². The number of carbonyl (C=O) groups excluding carboxylic acids is 8. The molecule has 0 saturated carbocycles. The Morgan fingerprint density at radius 1 is 0.492 bits per heavy atom. The summed E-state index contributed by atoms with van der Waals surface area (Å²) in [5.41, 5.74) is -6.85. The lowest BCUT2D eigenvalue weighted by Gasteiger charge is -2.31. The van der Waals surface area contributed by atoms with Crippen LogP contribution in [0.2, 0.25) is 0 Å². The predicted octanol–water partition coefficient (Wildman–Crippen LogP) is 0.309. The molecule has 0 fully saturated rings. The van der Waals surface area contributed by atoms with Crippen LogP contribution >= 0.6 is 136 Å². The molecule has 2 atom stereocenters. The topological polar surface area (TPSA) is 349 Å². The molecule has 6 amide bonds. The number of anilines is 2. The van der Waals surface area contributed by atoms with E-state index in [1.807, 2.05) is 0 Å². The largest absolute Gasteiger partial charge is 0.456 e. The Balaban J connectivity index is 2.62. The Morgan fingerprint density at radius 2 is 0.778 bits per heavy atom. The van der Waals surface area contributed by atoms with Crippen LogP contribution in [0.5, 0.6) is 0 Å². The molecule has 2 unspecified atom stereocenters. The number of hydrogen-bond donors (Lipinski definition) is 12. The molecule has 0 aromatic heterocycles. The first-order chi connectivity index (χ1) is 29.1. The molecule has 0 bridgehead atoms. The number of carbonyl (C=O) groups is 8. The van der Waals surface area contributed by atoms with Crippen LogP contribution < -0.4 is 31.9 Å². The standard InChI is InChI=1S/C35H40I6N6O16/c1-13(52)62-5-15(54)44-27-23(38)17(21(36)19(25(27)40)31(58)46-33(3,60)9-48)29(56)42-7-35(11-50,12-51)8-43-30(57)18-22(37)20(32(59)47-34(4,61)10-49)26(41)28(24(18)39)45-16(55)6-63-14(2)53/h48-51,60-61H,5-12H2,1-4H3,(H,42,56)(H,43,57)(H,44,54)(H,45,55)(H,46,58)(H,47,59). The van der Waals surface area contributed by atoms with E-state index in [1.165, 1.54) is 0 Å². The van der Waals surface area contributed by atoms with Crippen molar-refractivity contribution < 1.29 is 78.5 Å². The molecule has 0 spiro atoms. The Kier molecular flexibility index (Phi) is 22.7. The van der Waals surface area contributed by atoms with Crippen LogP contribution in [0.4, 0.5) is 11.4 Å². The summed E-state index contributed by atoms with van der Waals surface area (Å²) >= 11 is 10.3. The fourth-order valence-corrected chi connectivity index (χ4v) is 13.6. The fourth-order valence-electron chi connectivity index (χ4n) is 4.77. The molecule has 63 heavy (non-hydrogen) atoms. The normalized spacial score (nSPS) is 13.1. The molecular weight excluding hydrogens is 1520 g/mol. The monoisotopic (exact) mass is 1560 g/mol. The summed E-state index contributed by atoms with van der Waals surface area (Å²) in [6, 6.07) is 0. The van der Waals surface area contributed by atoms with Crippen molar-refractivity contribution in [3.05, 3.63) is 43.7 Å². The molecule has 2 rings (SSSR count). The summed E-state index contributed by atoms with van der Waals surface area (Å²) in [5, 5.41) is 75.6. The van der Waals surface area contributed by atoms with E-state index in [-0.39, 0.29) is 55.0 Å². The van der Waals surface area contributed by atoms with E-state index in [0.29, 0.717) is 0 Å². The number of aliphatic hydroxyl groups excluding tert-OH is 4. The van der Waals surface area contributed by atoms with Gasteiger partial charge in [-0.2, -0.15) is 0 Å². The van der Waals surface area contributed by atoms with E-state index in [4.69, 9.17) is 9.47 Å². The molecule has 0 aliphatic carbocycles. The molecule has 0 radical (unpaired) electrons. The summed E-state index contributed by atoms with van der Waals surface area (Å²) in [7, 11) is 0. The smallest absolute Gasteiger partial charge is 0.303 e. The molecule has 0 aliphatic heterocycles. The van der Waals surface area contributed by atoms with Gasteiger partial charge >= 0.3 is 11.9 Å². The lowest BCUT2D eigenvalue weighted by molar-refractivity contribution is -0.145. The van der Waals surface area contributed by atoms with Crippen molar-refractivity contribution >= 4 is 194 Å². The van der Waals surface area contributed by atoms with Crippen LogP contribution in [-0.2, 0) is 28.7 Å². The van der Waals surface area contributed by atoms with Crippen molar-refractivity contribution in [3.63, 3.8) is 0 Å². The first kappa shape index (κ1) is 57.5. The molecule has 0 saturated heterocycles. The van der Waals surface area contributed by atoms with Crippen LogP contribution in [0.15, 0.2) is 0 Å². The minimum absolute atomic E-state index is 0.00831. The van der Waals surface area contributed by atoms with Crippen LogP contribution in [-0.4, -0.2) is 142 Å². The van der Waals surface area contributed by atoms with Gasteiger partial charge in [-0.1, -0.05) is 0 Å². The molecular formula is C35H40I6N6O16. The van der Waals surface area contributed by atoms with Crippen LogP contribution in [0.25, 0.3) is 0 Å². The van der Waals surface area contributed by atoms with Gasteiger partial charge in [0.1, 0.15) is 0 Å². The number of rotatable bonds is 20. The van der Waals surface area contributed by atoms with Gasteiger partial charge in [0, 0.05) is 34.1 Å². The Bertz CT molecular complexity index is 2020. The van der Waals surface area contributed by atoms with Crippen molar-refractivity contribution in [1.29, 1.82) is 0 Å². The number of amides is 6. The van der Waals surface area contributed by atoms with Crippen LogP contribution in [0, 0.1) is 26.8 Å². The maximum Gasteiger partial charge on any atom is 0.303 e. The van der Waals surface area contributed by atoms with Crippen molar-refractivity contribution in [1.82, 2.24) is 21.3 Å². The Morgan fingerprint density at radius 3 is 1.03 bits per heavy atom. The molecule has 0 aliphatic rings. The zero-order valence-corrected chi connectivity index (χ0v) is 46.1. The van der Waals surface area contributed by atoms with Gasteiger partial charge in [0.2, 0.25) is 0 Å². The number of esters is 2. The van der Waals surface area contributed by atoms with Gasteiger partial charge < -0.3 is 72.0 Å². The molecule has 12 N–H and O–H groups in total. The molecule has 2 aromatic carbocycles. The molecule has 348 valence electrons. The first-order valence-corrected chi connectivity index (χ1v) is 24.0. The highest BCUT2D eigenvalue weighted by Gasteiger charge is 2.36. The number of ether oxygens (including phenoxy) is 2. The third-order valence-electron chi connectivity index (χ3n) is 8.18. The second kappa shape index (κ2) is 24.9. The van der Waals surface area contributed by atoms with Gasteiger partial charge in [-0.3, -0.25) is 38.4 Å². The SMILES string of the molecule is CC(=O)OCC(=O)Nc1c(I)c(C(=O)NCC(CO)(CO)CNC(=O)c2c(I)c(NC(=O)COC(C)=O)c(I)c(C(=O)NC(C)(O)CO)c2I)c(I)c(C(=O)NC(C)(O)CO)c1I. The number of nitrogens with one attached hydrogen (secondary N) is 6. The predicted molar refractivity (Wildman–Crippen MR) is 271 cm³/mol. The van der Waals surface area contributed by atoms with E-state index < -0.39 is 117 Å². The van der Waals surface area contributed by atoms with Gasteiger partial charge in [-0.15, -0.1) is 0 Å². The van der Waals surface area contributed by atoms with E-state index in [1.54, 1.807) is 136 Å². The number of aliphatic hydroxyl groups is 6. The summed E-state index contributed by atoms with van der Waals surface area (Å²) in [6.45, 7) is -1.58. The summed E-state index contributed by atoms with van der Waals surface area (Å²) in [4.78, 5) is 103. The third-order valence-corrected chi connectivity index (χ3v) is 14.7. The third kappa shape index (κ3) is 15.7. The van der Waals surface area contributed by atoms with Gasteiger partial charge in [0.15, 0.2) is 24.7 Å².